The molecule has 60 valence electrons. The summed E-state index contributed by atoms with van der Waals surface area (Å²) in [5, 5.41) is 0. The molecule has 1 heterocycles. The smallest absolute Gasteiger partial charge is 0.125 e. The summed E-state index contributed by atoms with van der Waals surface area (Å²) in [5.74, 6) is 2.30. The molecule has 1 aliphatic heterocycles. The highest BCUT2D eigenvalue weighted by molar-refractivity contribution is 7.89. The molecule has 0 aromatic carbocycles. The van der Waals surface area contributed by atoms with Gasteiger partial charge in [0, 0.05) is 17.9 Å². The minimum Gasteiger partial charge on any atom is -0.598 e. The molecule has 0 bridgehead atoms. The van der Waals surface area contributed by atoms with Gasteiger partial charge in [0.1, 0.15) is 5.75 Å². The molecule has 0 aromatic heterocycles. The van der Waals surface area contributed by atoms with Crippen LogP contribution in [-0.4, -0.2) is 16.9 Å². The van der Waals surface area contributed by atoms with Crippen molar-refractivity contribution in [1.82, 2.24) is 4.72 Å². The highest BCUT2D eigenvalue weighted by Gasteiger charge is 2.23. The van der Waals surface area contributed by atoms with E-state index in [1.165, 1.54) is 0 Å². The van der Waals surface area contributed by atoms with Crippen LogP contribution in [0.5, 0.6) is 0 Å². The first kappa shape index (κ1) is 8.37. The van der Waals surface area contributed by atoms with Crippen molar-refractivity contribution >= 4 is 11.4 Å². The second kappa shape index (κ2) is 3.60. The van der Waals surface area contributed by atoms with Gasteiger partial charge in [-0.05, 0) is 18.3 Å². The van der Waals surface area contributed by atoms with Crippen molar-refractivity contribution in [1.29, 1.82) is 0 Å². The highest BCUT2D eigenvalue weighted by atomic mass is 32.2. The van der Waals surface area contributed by atoms with Gasteiger partial charge in [0.25, 0.3) is 0 Å². The van der Waals surface area contributed by atoms with Crippen LogP contribution in [0, 0.1) is 11.8 Å². The summed E-state index contributed by atoms with van der Waals surface area (Å²) >= 11 is -0.727. The third kappa shape index (κ3) is 2.15. The first-order valence-corrected chi connectivity index (χ1v) is 5.14. The van der Waals surface area contributed by atoms with Gasteiger partial charge in [-0.1, -0.05) is 13.8 Å². The van der Waals surface area contributed by atoms with Crippen LogP contribution in [-0.2, 0) is 11.4 Å². The largest absolute Gasteiger partial charge is 0.598 e. The summed E-state index contributed by atoms with van der Waals surface area (Å²) in [4.78, 5) is 0. The molecule has 1 saturated heterocycles. The van der Waals surface area contributed by atoms with Gasteiger partial charge in [-0.15, -0.1) is 4.72 Å². The van der Waals surface area contributed by atoms with E-state index in [4.69, 9.17) is 0 Å². The van der Waals surface area contributed by atoms with Crippen LogP contribution in [0.25, 0.3) is 0 Å². The normalized spacial score (nSPS) is 34.8. The van der Waals surface area contributed by atoms with Gasteiger partial charge < -0.3 is 4.55 Å². The minimum absolute atomic E-state index is 0.727. The maximum Gasteiger partial charge on any atom is 0.125 e. The molecule has 2 atom stereocenters. The average Bonchev–Trinajstić information content (AvgIpc) is 1.88. The molecule has 1 aliphatic rings. The molecule has 0 aromatic rings. The third-order valence-corrected chi connectivity index (χ3v) is 3.22. The van der Waals surface area contributed by atoms with Crippen LogP contribution in [0.2, 0.25) is 0 Å². The van der Waals surface area contributed by atoms with Crippen LogP contribution in [0.1, 0.15) is 20.3 Å². The Morgan fingerprint density at radius 1 is 1.60 bits per heavy atom. The molecule has 2 nitrogen and oxygen atoms in total. The van der Waals surface area contributed by atoms with Crippen molar-refractivity contribution in [2.45, 2.75) is 20.3 Å². The van der Waals surface area contributed by atoms with E-state index in [1.807, 2.05) is 0 Å². The van der Waals surface area contributed by atoms with E-state index < -0.39 is 11.4 Å². The van der Waals surface area contributed by atoms with E-state index in [2.05, 4.69) is 18.6 Å². The summed E-state index contributed by atoms with van der Waals surface area (Å²) in [6.07, 6.45) is 1.12. The van der Waals surface area contributed by atoms with Crippen LogP contribution in [0.3, 0.4) is 0 Å². The highest BCUT2D eigenvalue weighted by Crippen LogP contribution is 2.18. The lowest BCUT2D eigenvalue weighted by molar-refractivity contribution is 0.357. The Morgan fingerprint density at radius 3 is 2.70 bits per heavy atom. The summed E-state index contributed by atoms with van der Waals surface area (Å²) < 4.78 is 13.8. The van der Waals surface area contributed by atoms with Gasteiger partial charge in [0.2, 0.25) is 0 Å². The molecule has 1 rings (SSSR count). The Morgan fingerprint density at radius 2 is 2.30 bits per heavy atom. The quantitative estimate of drug-likeness (QED) is 0.580. The van der Waals surface area contributed by atoms with Crippen molar-refractivity contribution in [3.8, 4) is 0 Å². The fourth-order valence-electron chi connectivity index (χ4n) is 1.20. The summed E-state index contributed by atoms with van der Waals surface area (Å²) in [7, 11) is 0. The lowest BCUT2D eigenvalue weighted by atomic mass is 9.93. The molecule has 1 N–H and O–H groups in total. The van der Waals surface area contributed by atoms with E-state index in [0.717, 1.165) is 30.6 Å². The minimum atomic E-state index is -0.727. The van der Waals surface area contributed by atoms with Gasteiger partial charge in [-0.25, -0.2) is 0 Å². The molecule has 0 saturated carbocycles. The fourth-order valence-corrected chi connectivity index (χ4v) is 2.26. The molecule has 0 aliphatic carbocycles. The van der Waals surface area contributed by atoms with E-state index in [1.54, 1.807) is 0 Å². The second-order valence-corrected chi connectivity index (χ2v) is 4.58. The van der Waals surface area contributed by atoms with E-state index in [0.29, 0.717) is 0 Å². The van der Waals surface area contributed by atoms with Crippen molar-refractivity contribution < 1.29 is 4.55 Å². The fraction of sp³-hybridized carbons (Fsp3) is 1.00. The van der Waals surface area contributed by atoms with Gasteiger partial charge in [-0.3, -0.25) is 0 Å². The monoisotopic (exact) mass is 161 g/mol. The van der Waals surface area contributed by atoms with Crippen LogP contribution in [0.15, 0.2) is 0 Å². The maximum atomic E-state index is 10.8. The van der Waals surface area contributed by atoms with E-state index in [9.17, 15) is 4.55 Å². The topological polar surface area (TPSA) is 35.1 Å². The maximum absolute atomic E-state index is 10.8. The Labute approximate surface area is 65.7 Å². The number of hydrogen-bond donors (Lipinski definition) is 1. The molecular weight excluding hydrogens is 146 g/mol. The van der Waals surface area contributed by atoms with Gasteiger partial charge in [0.15, 0.2) is 0 Å². The van der Waals surface area contributed by atoms with Crippen molar-refractivity contribution in [3.63, 3.8) is 0 Å². The second-order valence-electron chi connectivity index (χ2n) is 3.19. The molecule has 0 amide bonds. The first-order valence-electron chi connectivity index (χ1n) is 3.82. The third-order valence-electron chi connectivity index (χ3n) is 2.12. The summed E-state index contributed by atoms with van der Waals surface area (Å²) in [6.45, 7) is 5.38. The van der Waals surface area contributed by atoms with Crippen LogP contribution in [0.4, 0.5) is 0 Å². The van der Waals surface area contributed by atoms with Crippen LogP contribution < -0.4 is 4.72 Å². The lowest BCUT2D eigenvalue weighted by Crippen LogP contribution is -2.39. The predicted octanol–water partition coefficient (Wildman–Crippen LogP) is 0.916. The molecule has 0 spiro atoms. The van der Waals surface area contributed by atoms with E-state index in [-0.39, 0.29) is 0 Å². The first-order chi connectivity index (χ1) is 4.70. The van der Waals surface area contributed by atoms with Crippen molar-refractivity contribution in [2.24, 2.45) is 11.8 Å². The SMILES string of the molecule is CC(C)[C@@H]1CC[S+]([O-])NC1. The van der Waals surface area contributed by atoms with Gasteiger partial charge in [0.05, 0.1) is 0 Å². The Hall–Kier alpha value is 0.270. The Kier molecular flexibility index (Phi) is 3.01. The lowest BCUT2D eigenvalue weighted by Gasteiger charge is -2.26. The van der Waals surface area contributed by atoms with Crippen molar-refractivity contribution in [3.05, 3.63) is 0 Å². The molecule has 1 fully saturated rings. The zero-order valence-electron chi connectivity index (χ0n) is 6.59. The van der Waals surface area contributed by atoms with Gasteiger partial charge in [-0.2, -0.15) is 0 Å². The molecule has 10 heavy (non-hydrogen) atoms. The summed E-state index contributed by atoms with van der Waals surface area (Å²) in [6, 6.07) is 0. The van der Waals surface area contributed by atoms with Crippen LogP contribution >= 0.6 is 0 Å². The van der Waals surface area contributed by atoms with Crippen molar-refractivity contribution in [2.75, 3.05) is 12.3 Å². The molecule has 3 heteroatoms. The zero-order chi connectivity index (χ0) is 7.56. The number of rotatable bonds is 1. The number of hydrogen-bond acceptors (Lipinski definition) is 2. The number of nitrogens with one attached hydrogen (secondary N) is 1. The zero-order valence-corrected chi connectivity index (χ0v) is 7.41. The average molecular weight is 161 g/mol. The predicted molar refractivity (Wildman–Crippen MR) is 44.0 cm³/mol. The molecule has 1 unspecified atom stereocenters. The summed E-state index contributed by atoms with van der Waals surface area (Å²) in [5.41, 5.74) is 0. The Bertz CT molecular complexity index is 99.8. The standard InChI is InChI=1S/C7H15NOS/c1-6(2)7-3-4-10(9)8-5-7/h6-8H,3-5H2,1-2H3/t7-,10?/m1/s1. The van der Waals surface area contributed by atoms with Gasteiger partial charge >= 0.3 is 0 Å². The Balaban J connectivity index is 2.26. The molecule has 0 radical (unpaired) electrons. The molecular formula is C7H15NOS. The van der Waals surface area contributed by atoms with E-state index >= 15 is 0 Å².